The van der Waals surface area contributed by atoms with Gasteiger partial charge < -0.3 is 9.88 Å². The molecular weight excluding hydrogens is 402 g/mol. The van der Waals surface area contributed by atoms with Crippen molar-refractivity contribution in [1.82, 2.24) is 14.9 Å². The van der Waals surface area contributed by atoms with Gasteiger partial charge in [-0.05, 0) is 49.1 Å². The Kier molecular flexibility index (Phi) is 6.16. The molecule has 0 fully saturated rings. The fourth-order valence-corrected chi connectivity index (χ4v) is 3.74. The Labute approximate surface area is 187 Å². The summed E-state index contributed by atoms with van der Waals surface area (Å²) in [6.07, 6.45) is 4.34. The first-order chi connectivity index (χ1) is 15.4. The van der Waals surface area contributed by atoms with E-state index in [0.29, 0.717) is 18.7 Å². The van der Waals surface area contributed by atoms with E-state index in [1.807, 2.05) is 57.3 Å². The molecule has 0 radical (unpaired) electrons. The van der Waals surface area contributed by atoms with Gasteiger partial charge in [-0.3, -0.25) is 9.59 Å². The third-order valence-corrected chi connectivity index (χ3v) is 5.61. The van der Waals surface area contributed by atoms with Crippen LogP contribution in [-0.4, -0.2) is 27.1 Å². The summed E-state index contributed by atoms with van der Waals surface area (Å²) in [6, 6.07) is 14.0. The van der Waals surface area contributed by atoms with Gasteiger partial charge in [0.1, 0.15) is 11.5 Å². The monoisotopic (exact) mass is 429 g/mol. The first-order valence-electron chi connectivity index (χ1n) is 10.7. The maximum Gasteiger partial charge on any atom is 0.267 e. The number of nitrogens with zero attached hydrogens (tertiary/aromatic N) is 4. The van der Waals surface area contributed by atoms with Crippen molar-refractivity contribution in [2.75, 3.05) is 5.01 Å². The number of aryl methyl sites for hydroxylation is 3. The number of hydrogen-bond acceptors (Lipinski definition) is 4. The highest BCUT2D eigenvalue weighted by molar-refractivity contribution is 6.40. The highest BCUT2D eigenvalue weighted by Gasteiger charge is 2.26. The quantitative estimate of drug-likeness (QED) is 0.650. The lowest BCUT2D eigenvalue weighted by Crippen LogP contribution is -2.39. The van der Waals surface area contributed by atoms with Crippen molar-refractivity contribution in [2.45, 2.75) is 46.7 Å². The number of anilines is 1. The van der Waals surface area contributed by atoms with Crippen LogP contribution in [-0.2, 0) is 22.7 Å². The van der Waals surface area contributed by atoms with Gasteiger partial charge in [-0.1, -0.05) is 36.4 Å². The van der Waals surface area contributed by atoms with Gasteiger partial charge in [0, 0.05) is 38.3 Å². The highest BCUT2D eigenvalue weighted by atomic mass is 16.2. The summed E-state index contributed by atoms with van der Waals surface area (Å²) in [4.78, 5) is 29.5. The fraction of sp³-hybridized carbons (Fsp3) is 0.280. The van der Waals surface area contributed by atoms with E-state index >= 15 is 0 Å². The Balaban J connectivity index is 1.45. The predicted molar refractivity (Wildman–Crippen MR) is 124 cm³/mol. The molecule has 0 bridgehead atoms. The smallest absolute Gasteiger partial charge is 0.267 e. The van der Waals surface area contributed by atoms with Crippen molar-refractivity contribution in [1.29, 1.82) is 0 Å². The van der Waals surface area contributed by atoms with Crippen molar-refractivity contribution >= 4 is 23.2 Å². The summed E-state index contributed by atoms with van der Waals surface area (Å²) >= 11 is 0. The molecule has 1 aliphatic rings. The average molecular weight is 430 g/mol. The van der Waals surface area contributed by atoms with Crippen LogP contribution in [0.5, 0.6) is 0 Å². The van der Waals surface area contributed by atoms with E-state index < -0.39 is 0 Å². The zero-order valence-corrected chi connectivity index (χ0v) is 18.6. The summed E-state index contributed by atoms with van der Waals surface area (Å²) < 4.78 is 2.08. The summed E-state index contributed by atoms with van der Waals surface area (Å²) in [7, 11) is 0. The largest absolute Gasteiger partial charge is 0.347 e. The standard InChI is InChI=1S/C25H27N5O2/c1-17-7-8-18(2)23(13-17)30-24(31)10-9-22(28-30)25(32)27-15-20-5-4-6-21(14-20)16-29-12-11-26-19(29)3/h4-8,11-14H,9-10,15-16H2,1-3H3,(H,27,32). The number of carbonyl (C=O) groups excluding carboxylic acids is 2. The lowest BCUT2D eigenvalue weighted by molar-refractivity contribution is -0.119. The second-order valence-electron chi connectivity index (χ2n) is 8.15. The molecule has 2 aromatic carbocycles. The molecule has 0 atom stereocenters. The lowest BCUT2D eigenvalue weighted by Gasteiger charge is -2.24. The van der Waals surface area contributed by atoms with Crippen LogP contribution >= 0.6 is 0 Å². The van der Waals surface area contributed by atoms with Crippen molar-refractivity contribution in [2.24, 2.45) is 5.10 Å². The Morgan fingerprint density at radius 1 is 1.06 bits per heavy atom. The zero-order chi connectivity index (χ0) is 22.7. The van der Waals surface area contributed by atoms with E-state index in [9.17, 15) is 9.59 Å². The van der Waals surface area contributed by atoms with Crippen molar-refractivity contribution in [3.05, 3.63) is 82.9 Å². The maximum absolute atomic E-state index is 12.8. The molecule has 2 heterocycles. The first-order valence-corrected chi connectivity index (χ1v) is 10.7. The Bertz CT molecular complexity index is 1190. The van der Waals surface area contributed by atoms with E-state index in [0.717, 1.165) is 40.3 Å². The van der Waals surface area contributed by atoms with Crippen LogP contribution in [0.3, 0.4) is 0 Å². The van der Waals surface area contributed by atoms with Gasteiger partial charge >= 0.3 is 0 Å². The zero-order valence-electron chi connectivity index (χ0n) is 18.6. The number of rotatable bonds is 6. The van der Waals surface area contributed by atoms with Crippen LogP contribution in [0.15, 0.2) is 60.0 Å². The molecule has 1 N–H and O–H groups in total. The van der Waals surface area contributed by atoms with E-state index in [1.54, 1.807) is 6.20 Å². The van der Waals surface area contributed by atoms with Gasteiger partial charge in [0.2, 0.25) is 5.91 Å². The normalized spacial score (nSPS) is 13.8. The molecular formula is C25H27N5O2. The number of hydrazone groups is 1. The van der Waals surface area contributed by atoms with E-state index in [1.165, 1.54) is 5.01 Å². The van der Waals surface area contributed by atoms with E-state index in [4.69, 9.17) is 0 Å². The lowest BCUT2D eigenvalue weighted by atomic mass is 10.1. The van der Waals surface area contributed by atoms with E-state index in [-0.39, 0.29) is 18.2 Å². The molecule has 0 unspecified atom stereocenters. The maximum atomic E-state index is 12.8. The molecule has 1 aromatic heterocycles. The third kappa shape index (κ3) is 4.77. The number of amides is 2. The summed E-state index contributed by atoms with van der Waals surface area (Å²) in [5.74, 6) is 0.614. The van der Waals surface area contributed by atoms with E-state index in [2.05, 4.69) is 32.1 Å². The van der Waals surface area contributed by atoms with Crippen molar-refractivity contribution in [3.8, 4) is 0 Å². The highest BCUT2D eigenvalue weighted by Crippen LogP contribution is 2.25. The molecule has 1 aliphatic heterocycles. The molecule has 0 saturated heterocycles. The van der Waals surface area contributed by atoms with Crippen LogP contribution < -0.4 is 10.3 Å². The van der Waals surface area contributed by atoms with Gasteiger partial charge in [-0.2, -0.15) is 5.10 Å². The first kappa shape index (κ1) is 21.5. The molecule has 2 amide bonds. The molecule has 0 spiro atoms. The summed E-state index contributed by atoms with van der Waals surface area (Å²) in [6.45, 7) is 7.00. The van der Waals surface area contributed by atoms with Gasteiger partial charge in [0.25, 0.3) is 5.91 Å². The minimum atomic E-state index is -0.247. The molecule has 4 rings (SSSR count). The number of imidazole rings is 1. The topological polar surface area (TPSA) is 79.6 Å². The van der Waals surface area contributed by atoms with Crippen LogP contribution in [0, 0.1) is 20.8 Å². The minimum absolute atomic E-state index is 0.0993. The number of aromatic nitrogens is 2. The Morgan fingerprint density at radius 2 is 1.88 bits per heavy atom. The molecule has 7 heteroatoms. The average Bonchev–Trinajstić information content (AvgIpc) is 3.19. The van der Waals surface area contributed by atoms with Gasteiger partial charge in [0.05, 0.1) is 5.69 Å². The number of nitrogens with one attached hydrogen (secondary N) is 1. The Hall–Kier alpha value is -3.74. The van der Waals surface area contributed by atoms with Crippen LogP contribution in [0.2, 0.25) is 0 Å². The molecule has 0 aliphatic carbocycles. The molecule has 7 nitrogen and oxygen atoms in total. The fourth-order valence-electron chi connectivity index (χ4n) is 3.74. The minimum Gasteiger partial charge on any atom is -0.347 e. The van der Waals surface area contributed by atoms with Crippen LogP contribution in [0.1, 0.15) is 40.9 Å². The number of carbonyl (C=O) groups is 2. The molecule has 164 valence electrons. The van der Waals surface area contributed by atoms with Gasteiger partial charge in [0.15, 0.2) is 0 Å². The predicted octanol–water partition coefficient (Wildman–Crippen LogP) is 3.66. The number of benzene rings is 2. The second kappa shape index (κ2) is 9.18. The SMILES string of the molecule is Cc1ccc(C)c(N2N=C(C(=O)NCc3cccc(Cn4ccnc4C)c3)CCC2=O)c1. The third-order valence-electron chi connectivity index (χ3n) is 5.61. The van der Waals surface area contributed by atoms with Crippen molar-refractivity contribution in [3.63, 3.8) is 0 Å². The second-order valence-corrected chi connectivity index (χ2v) is 8.15. The van der Waals surface area contributed by atoms with Crippen molar-refractivity contribution < 1.29 is 9.59 Å². The van der Waals surface area contributed by atoms with Gasteiger partial charge in [-0.25, -0.2) is 9.99 Å². The van der Waals surface area contributed by atoms with Crippen LogP contribution in [0.4, 0.5) is 5.69 Å². The molecule has 0 saturated carbocycles. The molecule has 3 aromatic rings. The summed E-state index contributed by atoms with van der Waals surface area (Å²) in [5.41, 5.74) is 5.22. The summed E-state index contributed by atoms with van der Waals surface area (Å²) in [5, 5.41) is 8.72. The van der Waals surface area contributed by atoms with Crippen LogP contribution in [0.25, 0.3) is 0 Å². The Morgan fingerprint density at radius 3 is 2.66 bits per heavy atom. The molecule has 32 heavy (non-hydrogen) atoms. The number of hydrogen-bond donors (Lipinski definition) is 1. The van der Waals surface area contributed by atoms with Gasteiger partial charge in [-0.15, -0.1) is 0 Å².